The van der Waals surface area contributed by atoms with Crippen molar-refractivity contribution < 1.29 is 13.9 Å². The summed E-state index contributed by atoms with van der Waals surface area (Å²) in [6.07, 6.45) is 5.32. The third kappa shape index (κ3) is 4.08. The van der Waals surface area contributed by atoms with Crippen LogP contribution in [0.2, 0.25) is 0 Å². The van der Waals surface area contributed by atoms with Crippen molar-refractivity contribution in [2.75, 3.05) is 12.4 Å². The fraction of sp³-hybridized carbons (Fsp3) is 0.381. The van der Waals surface area contributed by atoms with Gasteiger partial charge in [0.05, 0.1) is 22.1 Å². The number of ether oxygens (including phenoxy) is 1. The van der Waals surface area contributed by atoms with Gasteiger partial charge in [0.1, 0.15) is 28.5 Å². The van der Waals surface area contributed by atoms with Crippen molar-refractivity contribution in [3.8, 4) is 5.75 Å². The van der Waals surface area contributed by atoms with Gasteiger partial charge in [-0.25, -0.2) is 14.4 Å². The van der Waals surface area contributed by atoms with Gasteiger partial charge in [-0.3, -0.25) is 4.79 Å². The summed E-state index contributed by atoms with van der Waals surface area (Å²) in [5.41, 5.74) is 6.81. The third-order valence-corrected chi connectivity index (χ3v) is 6.74. The van der Waals surface area contributed by atoms with Crippen LogP contribution in [-0.4, -0.2) is 35.1 Å². The average Bonchev–Trinajstić information content (AvgIpc) is 3.08. The molecule has 1 amide bonds. The Hall–Kier alpha value is -2.78. The first-order chi connectivity index (χ1) is 14.5. The van der Waals surface area contributed by atoms with Crippen molar-refractivity contribution in [2.45, 2.75) is 44.8 Å². The van der Waals surface area contributed by atoms with Crippen LogP contribution in [0.15, 0.2) is 24.5 Å². The van der Waals surface area contributed by atoms with E-state index in [2.05, 4.69) is 20.6 Å². The summed E-state index contributed by atoms with van der Waals surface area (Å²) >= 11 is 1.23. The number of aryl methyl sites for hydroxylation is 1. The van der Waals surface area contributed by atoms with E-state index in [0.29, 0.717) is 33.0 Å². The summed E-state index contributed by atoms with van der Waals surface area (Å²) in [7, 11) is 1.97. The molecule has 7 nitrogen and oxygen atoms in total. The predicted octanol–water partition coefficient (Wildman–Crippen LogP) is 3.89. The first-order valence-electron chi connectivity index (χ1n) is 9.90. The molecule has 0 radical (unpaired) electrons. The maximum atomic E-state index is 14.0. The molecule has 3 aromatic rings. The number of halogens is 1. The predicted molar refractivity (Wildman–Crippen MR) is 116 cm³/mol. The number of nitrogens with two attached hydrogens (primary N) is 1. The Balaban J connectivity index is 1.63. The van der Waals surface area contributed by atoms with E-state index in [1.54, 1.807) is 6.07 Å². The fourth-order valence-corrected chi connectivity index (χ4v) is 4.88. The average molecular weight is 430 g/mol. The molecule has 9 heteroatoms. The van der Waals surface area contributed by atoms with Crippen LogP contribution in [0.25, 0.3) is 10.2 Å². The Morgan fingerprint density at radius 1 is 1.27 bits per heavy atom. The number of carbonyl (C=O) groups is 1. The number of primary amides is 1. The van der Waals surface area contributed by atoms with Gasteiger partial charge >= 0.3 is 0 Å². The molecular weight excluding hydrogens is 405 g/mol. The van der Waals surface area contributed by atoms with Gasteiger partial charge in [0.2, 0.25) is 0 Å². The molecule has 0 spiro atoms. The lowest BCUT2D eigenvalue weighted by atomic mass is 9.93. The molecule has 1 aliphatic carbocycles. The minimum atomic E-state index is -0.496. The third-order valence-electron chi connectivity index (χ3n) is 5.52. The Bertz CT molecular complexity index is 1080. The molecule has 0 aliphatic heterocycles. The topological polar surface area (TPSA) is 102 Å². The molecule has 2 heterocycles. The number of nitrogens with one attached hydrogen (secondary N) is 2. The van der Waals surface area contributed by atoms with E-state index in [9.17, 15) is 9.18 Å². The van der Waals surface area contributed by atoms with Gasteiger partial charge in [0, 0.05) is 12.1 Å². The Morgan fingerprint density at radius 3 is 2.73 bits per heavy atom. The number of nitrogens with zero attached hydrogens (tertiary/aromatic N) is 2. The lowest BCUT2D eigenvalue weighted by Gasteiger charge is -2.29. The van der Waals surface area contributed by atoms with E-state index in [1.807, 2.05) is 14.0 Å². The monoisotopic (exact) mass is 429 g/mol. The first-order valence-corrected chi connectivity index (χ1v) is 10.7. The van der Waals surface area contributed by atoms with Crippen LogP contribution in [0, 0.1) is 12.7 Å². The number of rotatable bonds is 6. The van der Waals surface area contributed by atoms with Crippen molar-refractivity contribution in [1.82, 2.24) is 15.3 Å². The Morgan fingerprint density at radius 2 is 2.03 bits per heavy atom. The van der Waals surface area contributed by atoms with Crippen LogP contribution < -0.4 is 21.1 Å². The standard InChI is InChI=1S/C21H24FN5O2S/c1-11-17-20(25-10-26-21(17)30-18(11)19(23)28)27-15-8-3-12(22)9-16(15)29-14-6-4-13(24-2)5-7-14/h3,8-10,13-14,24H,4-7H2,1-2H3,(H2,23,28)(H,25,26,27)/t13-,14-. The minimum Gasteiger partial charge on any atom is -0.488 e. The lowest BCUT2D eigenvalue weighted by molar-refractivity contribution is 0.100. The van der Waals surface area contributed by atoms with Crippen molar-refractivity contribution in [2.24, 2.45) is 5.73 Å². The van der Waals surface area contributed by atoms with Gasteiger partial charge in [-0.15, -0.1) is 11.3 Å². The van der Waals surface area contributed by atoms with Gasteiger partial charge in [0.25, 0.3) is 5.91 Å². The zero-order valence-electron chi connectivity index (χ0n) is 16.9. The van der Waals surface area contributed by atoms with Gasteiger partial charge < -0.3 is 21.1 Å². The highest BCUT2D eigenvalue weighted by atomic mass is 32.1. The minimum absolute atomic E-state index is 0.0340. The molecule has 1 aromatic carbocycles. The van der Waals surface area contributed by atoms with E-state index >= 15 is 0 Å². The number of hydrogen-bond acceptors (Lipinski definition) is 7. The fourth-order valence-electron chi connectivity index (χ4n) is 3.87. The molecule has 4 N–H and O–H groups in total. The van der Waals surface area contributed by atoms with Crippen LogP contribution in [0.4, 0.5) is 15.9 Å². The molecule has 4 rings (SSSR count). The van der Waals surface area contributed by atoms with Gasteiger partial charge in [-0.2, -0.15) is 0 Å². The molecule has 1 fully saturated rings. The summed E-state index contributed by atoms with van der Waals surface area (Å²) < 4.78 is 20.1. The summed E-state index contributed by atoms with van der Waals surface area (Å²) in [5.74, 6) is 0.105. The number of aromatic nitrogens is 2. The van der Waals surface area contributed by atoms with Crippen molar-refractivity contribution in [3.05, 3.63) is 40.8 Å². The Labute approximate surface area is 177 Å². The van der Waals surface area contributed by atoms with E-state index in [0.717, 1.165) is 36.6 Å². The number of benzene rings is 1. The second-order valence-corrected chi connectivity index (χ2v) is 8.47. The maximum Gasteiger partial charge on any atom is 0.259 e. The summed E-state index contributed by atoms with van der Waals surface area (Å²) in [6.45, 7) is 1.82. The molecular formula is C21H24FN5O2S. The summed E-state index contributed by atoms with van der Waals surface area (Å²) in [4.78, 5) is 21.4. The van der Waals surface area contributed by atoms with Crippen LogP contribution in [0.1, 0.15) is 40.9 Å². The highest BCUT2D eigenvalue weighted by Gasteiger charge is 2.23. The summed E-state index contributed by atoms with van der Waals surface area (Å²) in [6, 6.07) is 4.90. The Kier molecular flexibility index (Phi) is 5.83. The number of anilines is 2. The largest absolute Gasteiger partial charge is 0.488 e. The van der Waals surface area contributed by atoms with Crippen LogP contribution in [0.5, 0.6) is 5.75 Å². The normalized spacial score (nSPS) is 19.0. The van der Waals surface area contributed by atoms with E-state index < -0.39 is 5.91 Å². The van der Waals surface area contributed by atoms with E-state index in [-0.39, 0.29) is 11.9 Å². The zero-order valence-corrected chi connectivity index (χ0v) is 17.7. The van der Waals surface area contributed by atoms with Crippen molar-refractivity contribution >= 4 is 39.0 Å². The number of amides is 1. The number of thiophene rings is 1. The van der Waals surface area contributed by atoms with Gasteiger partial charge in [-0.05, 0) is 57.4 Å². The number of carbonyl (C=O) groups excluding carboxylic acids is 1. The van der Waals surface area contributed by atoms with Gasteiger partial charge in [0.15, 0.2) is 0 Å². The van der Waals surface area contributed by atoms with Gasteiger partial charge in [-0.1, -0.05) is 0 Å². The lowest BCUT2D eigenvalue weighted by Crippen LogP contribution is -2.34. The molecule has 2 aromatic heterocycles. The van der Waals surface area contributed by atoms with Crippen LogP contribution in [-0.2, 0) is 0 Å². The highest BCUT2D eigenvalue weighted by Crippen LogP contribution is 2.37. The summed E-state index contributed by atoms with van der Waals surface area (Å²) in [5, 5.41) is 7.27. The van der Waals surface area contributed by atoms with E-state index in [4.69, 9.17) is 10.5 Å². The molecule has 0 saturated heterocycles. The molecule has 0 unspecified atom stereocenters. The second kappa shape index (κ2) is 8.53. The molecule has 158 valence electrons. The maximum absolute atomic E-state index is 14.0. The molecule has 1 aliphatic rings. The zero-order chi connectivity index (χ0) is 21.3. The SMILES string of the molecule is CN[C@H]1CC[C@H](Oc2cc(F)ccc2Nc2ncnc3sc(C(N)=O)c(C)c23)CC1. The number of hydrogen-bond donors (Lipinski definition) is 3. The number of fused-ring (bicyclic) bond motifs is 1. The second-order valence-electron chi connectivity index (χ2n) is 7.47. The molecule has 30 heavy (non-hydrogen) atoms. The molecule has 0 bridgehead atoms. The molecule has 0 atom stereocenters. The molecule has 1 saturated carbocycles. The smallest absolute Gasteiger partial charge is 0.259 e. The van der Waals surface area contributed by atoms with Crippen molar-refractivity contribution in [3.63, 3.8) is 0 Å². The van der Waals surface area contributed by atoms with Crippen LogP contribution >= 0.6 is 11.3 Å². The quantitative estimate of drug-likeness (QED) is 0.549. The first kappa shape index (κ1) is 20.5. The van der Waals surface area contributed by atoms with Crippen molar-refractivity contribution in [1.29, 1.82) is 0 Å². The van der Waals surface area contributed by atoms with Crippen LogP contribution in [0.3, 0.4) is 0 Å². The highest BCUT2D eigenvalue weighted by molar-refractivity contribution is 7.20. The van der Waals surface area contributed by atoms with E-state index in [1.165, 1.54) is 29.8 Å².